The van der Waals surface area contributed by atoms with E-state index in [1.807, 2.05) is 58.9 Å². The molecule has 1 aromatic heterocycles. The van der Waals surface area contributed by atoms with E-state index in [1.165, 1.54) is 0 Å². The number of rotatable bonds is 6. The fraction of sp³-hybridized carbons (Fsp3) is 0.526. The minimum Gasteiger partial charge on any atom is -0.497 e. The van der Waals surface area contributed by atoms with Gasteiger partial charge in [-0.15, -0.1) is 0 Å². The molecule has 2 rings (SSSR count). The second-order valence-corrected chi connectivity index (χ2v) is 7.71. The summed E-state index contributed by atoms with van der Waals surface area (Å²) in [4.78, 5) is 16.8. The molecule has 0 aliphatic rings. The van der Waals surface area contributed by atoms with Gasteiger partial charge in [0.1, 0.15) is 11.8 Å². The molecule has 0 aliphatic heterocycles. The van der Waals surface area contributed by atoms with Crippen molar-refractivity contribution in [1.82, 2.24) is 15.5 Å². The van der Waals surface area contributed by atoms with Crippen molar-refractivity contribution >= 4 is 5.91 Å². The molecule has 1 aromatic carbocycles. The maximum Gasteiger partial charge on any atom is 0.249 e. The molecule has 6 nitrogen and oxygen atoms in total. The molecule has 0 saturated heterocycles. The number of carbonyl (C=O) groups is 1. The fourth-order valence-electron chi connectivity index (χ4n) is 2.46. The molecule has 0 fully saturated rings. The largest absolute Gasteiger partial charge is 0.497 e. The predicted molar refractivity (Wildman–Crippen MR) is 96.1 cm³/mol. The first-order chi connectivity index (χ1) is 11.7. The lowest BCUT2D eigenvalue weighted by molar-refractivity contribution is -0.124. The van der Waals surface area contributed by atoms with Crippen LogP contribution in [-0.2, 0) is 4.79 Å². The molecule has 0 unspecified atom stereocenters. The number of methoxy groups -OCH3 is 1. The molecular formula is C19H27N3O3. The number of carbonyl (C=O) groups excluding carboxylic acids is 1. The first kappa shape index (κ1) is 19.0. The minimum absolute atomic E-state index is 0.0210. The van der Waals surface area contributed by atoms with Crippen LogP contribution in [0.4, 0.5) is 0 Å². The van der Waals surface area contributed by atoms with Crippen LogP contribution in [0.1, 0.15) is 53.0 Å². The number of hydrogen-bond acceptors (Lipinski definition) is 5. The Kier molecular flexibility index (Phi) is 5.82. The Hall–Kier alpha value is -2.37. The lowest BCUT2D eigenvalue weighted by Gasteiger charge is -2.22. The number of hydrogen-bond donors (Lipinski definition) is 1. The van der Waals surface area contributed by atoms with Crippen molar-refractivity contribution in [2.45, 2.75) is 47.1 Å². The van der Waals surface area contributed by atoms with Gasteiger partial charge >= 0.3 is 0 Å². The van der Waals surface area contributed by atoms with Gasteiger partial charge in [-0.2, -0.15) is 4.98 Å². The van der Waals surface area contributed by atoms with Gasteiger partial charge in [-0.25, -0.2) is 0 Å². The van der Waals surface area contributed by atoms with Crippen LogP contribution in [0.3, 0.4) is 0 Å². The van der Waals surface area contributed by atoms with E-state index < -0.39 is 0 Å². The van der Waals surface area contributed by atoms with Crippen molar-refractivity contribution in [3.8, 4) is 17.1 Å². The van der Waals surface area contributed by atoms with Crippen LogP contribution >= 0.6 is 0 Å². The summed E-state index contributed by atoms with van der Waals surface area (Å²) in [6.45, 7) is 10.1. The molecule has 1 N–H and O–H groups in total. The fourth-order valence-corrected chi connectivity index (χ4v) is 2.46. The van der Waals surface area contributed by atoms with Crippen LogP contribution in [0.15, 0.2) is 28.8 Å². The lowest BCUT2D eigenvalue weighted by atomic mass is 9.91. The van der Waals surface area contributed by atoms with Crippen LogP contribution in [0, 0.1) is 11.3 Å². The zero-order valence-corrected chi connectivity index (χ0v) is 15.8. The van der Waals surface area contributed by atoms with Gasteiger partial charge in [-0.05, 0) is 23.5 Å². The average molecular weight is 345 g/mol. The monoisotopic (exact) mass is 345 g/mol. The number of nitrogens with zero attached hydrogens (tertiary/aromatic N) is 2. The van der Waals surface area contributed by atoms with Crippen molar-refractivity contribution in [3.63, 3.8) is 0 Å². The summed E-state index contributed by atoms with van der Waals surface area (Å²) >= 11 is 0. The van der Waals surface area contributed by atoms with E-state index in [4.69, 9.17) is 9.26 Å². The number of nitrogens with one attached hydrogen (secondary N) is 1. The molecule has 25 heavy (non-hydrogen) atoms. The molecule has 1 atom stereocenters. The standard InChI is InChI=1S/C19H27N3O3/c1-12(2)16(20-15(23)11-19(3,4)5)18-21-17(22-25-18)13-8-7-9-14(10-13)24-6/h7-10,12,16H,11H2,1-6H3,(H,20,23)/t16-/m1/s1. The molecule has 1 heterocycles. The Labute approximate surface area is 149 Å². The van der Waals surface area contributed by atoms with Crippen LogP contribution in [0.25, 0.3) is 11.4 Å². The summed E-state index contributed by atoms with van der Waals surface area (Å²) in [5, 5.41) is 7.07. The highest BCUT2D eigenvalue weighted by Gasteiger charge is 2.26. The van der Waals surface area contributed by atoms with Gasteiger partial charge in [0.25, 0.3) is 0 Å². The highest BCUT2D eigenvalue weighted by molar-refractivity contribution is 5.77. The summed E-state index contributed by atoms with van der Waals surface area (Å²) in [6, 6.07) is 7.14. The van der Waals surface area contributed by atoms with E-state index in [0.717, 1.165) is 11.3 Å². The summed E-state index contributed by atoms with van der Waals surface area (Å²) in [5.74, 6) is 1.72. The maximum absolute atomic E-state index is 12.3. The second-order valence-electron chi connectivity index (χ2n) is 7.71. The van der Waals surface area contributed by atoms with Gasteiger partial charge in [0, 0.05) is 12.0 Å². The van der Waals surface area contributed by atoms with E-state index in [-0.39, 0.29) is 23.3 Å². The Balaban J connectivity index is 2.20. The molecule has 2 aromatic rings. The number of benzene rings is 1. The lowest BCUT2D eigenvalue weighted by Crippen LogP contribution is -2.34. The third-order valence-corrected chi connectivity index (χ3v) is 3.71. The number of aromatic nitrogens is 2. The first-order valence-corrected chi connectivity index (χ1v) is 8.47. The van der Waals surface area contributed by atoms with Crippen molar-refractivity contribution in [3.05, 3.63) is 30.2 Å². The van der Waals surface area contributed by atoms with Crippen molar-refractivity contribution in [1.29, 1.82) is 0 Å². The third-order valence-electron chi connectivity index (χ3n) is 3.71. The Morgan fingerprint density at radius 2 is 2.04 bits per heavy atom. The number of ether oxygens (including phenoxy) is 1. The predicted octanol–water partition coefficient (Wildman–Crippen LogP) is 3.99. The topological polar surface area (TPSA) is 77.3 Å². The van der Waals surface area contributed by atoms with Crippen LogP contribution < -0.4 is 10.1 Å². The molecule has 136 valence electrons. The van der Waals surface area contributed by atoms with E-state index in [2.05, 4.69) is 15.5 Å². The van der Waals surface area contributed by atoms with Gasteiger partial charge in [-0.1, -0.05) is 51.9 Å². The third kappa shape index (κ3) is 5.31. The molecule has 6 heteroatoms. The van der Waals surface area contributed by atoms with E-state index >= 15 is 0 Å². The van der Waals surface area contributed by atoms with E-state index in [0.29, 0.717) is 18.1 Å². The zero-order chi connectivity index (χ0) is 18.6. The van der Waals surface area contributed by atoms with Gasteiger partial charge in [0.15, 0.2) is 0 Å². The summed E-state index contributed by atoms with van der Waals surface area (Å²) in [5.41, 5.74) is 0.726. The number of amides is 1. The molecule has 0 radical (unpaired) electrons. The van der Waals surface area contributed by atoms with Crippen LogP contribution in [-0.4, -0.2) is 23.2 Å². The second kappa shape index (κ2) is 7.68. The molecule has 0 bridgehead atoms. The highest BCUT2D eigenvalue weighted by atomic mass is 16.5. The zero-order valence-electron chi connectivity index (χ0n) is 15.8. The quantitative estimate of drug-likeness (QED) is 0.856. The average Bonchev–Trinajstić information content (AvgIpc) is 3.00. The Morgan fingerprint density at radius 1 is 1.32 bits per heavy atom. The summed E-state index contributed by atoms with van der Waals surface area (Å²) in [6.07, 6.45) is 0.438. The summed E-state index contributed by atoms with van der Waals surface area (Å²) < 4.78 is 10.7. The van der Waals surface area contributed by atoms with Crippen LogP contribution in [0.2, 0.25) is 0 Å². The van der Waals surface area contributed by atoms with Crippen LogP contribution in [0.5, 0.6) is 5.75 Å². The van der Waals surface area contributed by atoms with Gasteiger partial charge in [-0.3, -0.25) is 4.79 Å². The normalized spacial score (nSPS) is 12.9. The van der Waals surface area contributed by atoms with E-state index in [9.17, 15) is 4.79 Å². The summed E-state index contributed by atoms with van der Waals surface area (Å²) in [7, 11) is 1.61. The molecule has 0 saturated carbocycles. The Morgan fingerprint density at radius 3 is 2.64 bits per heavy atom. The first-order valence-electron chi connectivity index (χ1n) is 8.47. The van der Waals surface area contributed by atoms with Gasteiger partial charge in [0.05, 0.1) is 7.11 Å². The Bertz CT molecular complexity index is 717. The van der Waals surface area contributed by atoms with Crippen molar-refractivity contribution < 1.29 is 14.1 Å². The van der Waals surface area contributed by atoms with Crippen molar-refractivity contribution in [2.24, 2.45) is 11.3 Å². The van der Waals surface area contributed by atoms with Gasteiger partial charge in [0.2, 0.25) is 17.6 Å². The maximum atomic E-state index is 12.3. The minimum atomic E-state index is -0.318. The van der Waals surface area contributed by atoms with Crippen molar-refractivity contribution in [2.75, 3.05) is 7.11 Å². The van der Waals surface area contributed by atoms with Gasteiger partial charge < -0.3 is 14.6 Å². The highest BCUT2D eigenvalue weighted by Crippen LogP contribution is 2.26. The van der Waals surface area contributed by atoms with E-state index in [1.54, 1.807) is 7.11 Å². The molecule has 0 spiro atoms. The SMILES string of the molecule is COc1cccc(-c2noc([C@H](NC(=O)CC(C)(C)C)C(C)C)n2)c1. The smallest absolute Gasteiger partial charge is 0.249 e. The molecular weight excluding hydrogens is 318 g/mol. The molecule has 1 amide bonds. The molecule has 0 aliphatic carbocycles.